The van der Waals surface area contributed by atoms with E-state index < -0.39 is 5.97 Å². The Morgan fingerprint density at radius 2 is 1.82 bits per heavy atom. The van der Waals surface area contributed by atoms with Crippen LogP contribution < -0.4 is 15.4 Å². The van der Waals surface area contributed by atoms with E-state index in [0.29, 0.717) is 38.0 Å². The van der Waals surface area contributed by atoms with Crippen molar-refractivity contribution in [2.45, 2.75) is 38.6 Å². The summed E-state index contributed by atoms with van der Waals surface area (Å²) in [5, 5.41) is 14.6. The molecule has 1 saturated carbocycles. The van der Waals surface area contributed by atoms with Gasteiger partial charge in [0, 0.05) is 11.7 Å². The number of hydrogen-bond donors (Lipinski definition) is 3. The zero-order chi connectivity index (χ0) is 15.9. The minimum Gasteiger partial charge on any atom is -0.494 e. The van der Waals surface area contributed by atoms with Gasteiger partial charge in [-0.15, -0.1) is 0 Å². The van der Waals surface area contributed by atoms with Gasteiger partial charge in [-0.2, -0.15) is 0 Å². The third kappa shape index (κ3) is 4.65. The fraction of sp³-hybridized carbons (Fsp3) is 0.500. The average molecular weight is 306 g/mol. The van der Waals surface area contributed by atoms with Gasteiger partial charge in [-0.05, 0) is 56.9 Å². The summed E-state index contributed by atoms with van der Waals surface area (Å²) >= 11 is 0. The molecule has 2 rings (SSSR count). The fourth-order valence-corrected chi connectivity index (χ4v) is 2.64. The Morgan fingerprint density at radius 3 is 2.36 bits per heavy atom. The number of hydrogen-bond acceptors (Lipinski definition) is 3. The zero-order valence-electron chi connectivity index (χ0n) is 12.7. The van der Waals surface area contributed by atoms with Crippen LogP contribution in [0.1, 0.15) is 32.6 Å². The first-order valence-corrected chi connectivity index (χ1v) is 7.61. The molecular formula is C16H22N2O4. The highest BCUT2D eigenvalue weighted by Gasteiger charge is 2.26. The van der Waals surface area contributed by atoms with Gasteiger partial charge < -0.3 is 20.5 Å². The van der Waals surface area contributed by atoms with E-state index in [9.17, 15) is 9.59 Å². The van der Waals surface area contributed by atoms with E-state index in [0.717, 1.165) is 5.75 Å². The molecule has 0 aliphatic heterocycles. The molecule has 0 radical (unpaired) electrons. The second-order valence-corrected chi connectivity index (χ2v) is 5.44. The van der Waals surface area contributed by atoms with E-state index in [-0.39, 0.29) is 18.0 Å². The lowest BCUT2D eigenvalue weighted by Crippen LogP contribution is -2.40. The number of benzene rings is 1. The van der Waals surface area contributed by atoms with E-state index in [4.69, 9.17) is 9.84 Å². The standard InChI is InChI=1S/C16H22N2O4/c1-2-22-14-9-7-13(8-10-14)18-16(21)17-12-5-3-11(4-6-12)15(19)20/h7-12H,2-6H2,1H3,(H,19,20)(H2,17,18,21). The SMILES string of the molecule is CCOc1ccc(NC(=O)NC2CCC(C(=O)O)CC2)cc1. The maximum absolute atomic E-state index is 11.9. The molecule has 0 aromatic heterocycles. The van der Waals surface area contributed by atoms with Crippen molar-refractivity contribution in [2.24, 2.45) is 5.92 Å². The van der Waals surface area contributed by atoms with Crippen molar-refractivity contribution in [3.05, 3.63) is 24.3 Å². The first-order valence-electron chi connectivity index (χ1n) is 7.61. The average Bonchev–Trinajstić information content (AvgIpc) is 2.50. The summed E-state index contributed by atoms with van der Waals surface area (Å²) in [5.41, 5.74) is 0.695. The summed E-state index contributed by atoms with van der Waals surface area (Å²) in [5.74, 6) is -0.245. The van der Waals surface area contributed by atoms with Crippen LogP contribution in [0.15, 0.2) is 24.3 Å². The Morgan fingerprint density at radius 1 is 1.18 bits per heavy atom. The summed E-state index contributed by atoms with van der Waals surface area (Å²) < 4.78 is 5.34. The molecule has 0 spiro atoms. The Kier molecular flexibility index (Phi) is 5.63. The fourth-order valence-electron chi connectivity index (χ4n) is 2.64. The van der Waals surface area contributed by atoms with Gasteiger partial charge in [0.2, 0.25) is 0 Å². The summed E-state index contributed by atoms with van der Waals surface area (Å²) in [7, 11) is 0. The zero-order valence-corrected chi connectivity index (χ0v) is 12.7. The van der Waals surface area contributed by atoms with Crippen molar-refractivity contribution < 1.29 is 19.4 Å². The number of nitrogens with one attached hydrogen (secondary N) is 2. The van der Waals surface area contributed by atoms with E-state index in [1.165, 1.54) is 0 Å². The molecule has 0 saturated heterocycles. The van der Waals surface area contributed by atoms with E-state index in [1.807, 2.05) is 6.92 Å². The van der Waals surface area contributed by atoms with Crippen LogP contribution in [0.2, 0.25) is 0 Å². The molecule has 1 aromatic carbocycles. The molecule has 0 atom stereocenters. The maximum atomic E-state index is 11.9. The topological polar surface area (TPSA) is 87.7 Å². The predicted molar refractivity (Wildman–Crippen MR) is 83.1 cm³/mol. The van der Waals surface area contributed by atoms with Gasteiger partial charge in [0.15, 0.2) is 0 Å². The summed E-state index contributed by atoms with van der Waals surface area (Å²) in [6, 6.07) is 6.95. The number of amides is 2. The second kappa shape index (κ2) is 7.68. The van der Waals surface area contributed by atoms with Crippen molar-refractivity contribution in [3.8, 4) is 5.75 Å². The molecule has 1 aromatic rings. The molecule has 6 nitrogen and oxygen atoms in total. The lowest BCUT2D eigenvalue weighted by Gasteiger charge is -2.26. The van der Waals surface area contributed by atoms with Gasteiger partial charge in [0.25, 0.3) is 0 Å². The van der Waals surface area contributed by atoms with Crippen LogP contribution in [0.25, 0.3) is 0 Å². The van der Waals surface area contributed by atoms with Crippen LogP contribution in [-0.2, 0) is 4.79 Å². The Hall–Kier alpha value is -2.24. The van der Waals surface area contributed by atoms with Crippen molar-refractivity contribution in [2.75, 3.05) is 11.9 Å². The molecule has 1 fully saturated rings. The van der Waals surface area contributed by atoms with Gasteiger partial charge >= 0.3 is 12.0 Å². The number of carbonyl (C=O) groups is 2. The maximum Gasteiger partial charge on any atom is 0.319 e. The molecule has 3 N–H and O–H groups in total. The smallest absolute Gasteiger partial charge is 0.319 e. The first kappa shape index (κ1) is 16.1. The molecular weight excluding hydrogens is 284 g/mol. The number of ether oxygens (including phenoxy) is 1. The molecule has 22 heavy (non-hydrogen) atoms. The van der Waals surface area contributed by atoms with Gasteiger partial charge in [-0.1, -0.05) is 0 Å². The number of anilines is 1. The van der Waals surface area contributed by atoms with E-state index in [1.54, 1.807) is 24.3 Å². The number of carboxylic acids is 1. The number of urea groups is 1. The Bertz CT molecular complexity index is 507. The molecule has 0 unspecified atom stereocenters. The highest BCUT2D eigenvalue weighted by atomic mass is 16.5. The molecule has 6 heteroatoms. The lowest BCUT2D eigenvalue weighted by molar-refractivity contribution is -0.142. The Balaban J connectivity index is 1.77. The van der Waals surface area contributed by atoms with Crippen LogP contribution in [0.3, 0.4) is 0 Å². The monoisotopic (exact) mass is 306 g/mol. The molecule has 1 aliphatic carbocycles. The van der Waals surface area contributed by atoms with Crippen molar-refractivity contribution in [1.82, 2.24) is 5.32 Å². The quantitative estimate of drug-likeness (QED) is 0.780. The van der Waals surface area contributed by atoms with E-state index >= 15 is 0 Å². The molecule has 0 heterocycles. The largest absolute Gasteiger partial charge is 0.494 e. The van der Waals surface area contributed by atoms with Crippen LogP contribution in [0.5, 0.6) is 5.75 Å². The third-order valence-corrected chi connectivity index (χ3v) is 3.83. The van der Waals surface area contributed by atoms with Crippen LogP contribution in [-0.4, -0.2) is 29.8 Å². The normalized spacial score (nSPS) is 21.0. The number of carbonyl (C=O) groups excluding carboxylic acids is 1. The first-order chi connectivity index (χ1) is 10.6. The molecule has 1 aliphatic rings. The van der Waals surface area contributed by atoms with Crippen molar-refractivity contribution in [3.63, 3.8) is 0 Å². The molecule has 120 valence electrons. The van der Waals surface area contributed by atoms with Gasteiger partial charge in [0.1, 0.15) is 5.75 Å². The highest BCUT2D eigenvalue weighted by molar-refractivity contribution is 5.89. The molecule has 0 bridgehead atoms. The van der Waals surface area contributed by atoms with Crippen molar-refractivity contribution >= 4 is 17.7 Å². The number of carboxylic acid groups (broad SMARTS) is 1. The molecule has 2 amide bonds. The number of rotatable bonds is 5. The highest BCUT2D eigenvalue weighted by Crippen LogP contribution is 2.24. The van der Waals surface area contributed by atoms with Gasteiger partial charge in [-0.3, -0.25) is 4.79 Å². The summed E-state index contributed by atoms with van der Waals surface area (Å²) in [6.07, 6.45) is 2.63. The minimum absolute atomic E-state index is 0.0401. The van der Waals surface area contributed by atoms with Gasteiger partial charge in [0.05, 0.1) is 12.5 Å². The van der Waals surface area contributed by atoms with Crippen LogP contribution in [0.4, 0.5) is 10.5 Å². The van der Waals surface area contributed by atoms with Gasteiger partial charge in [-0.25, -0.2) is 4.79 Å². The van der Waals surface area contributed by atoms with E-state index in [2.05, 4.69) is 10.6 Å². The van der Waals surface area contributed by atoms with Crippen molar-refractivity contribution in [1.29, 1.82) is 0 Å². The minimum atomic E-state index is -0.739. The third-order valence-electron chi connectivity index (χ3n) is 3.83. The predicted octanol–water partition coefficient (Wildman–Crippen LogP) is 2.85. The van der Waals surface area contributed by atoms with Crippen LogP contribution >= 0.6 is 0 Å². The van der Waals surface area contributed by atoms with Crippen LogP contribution in [0, 0.1) is 5.92 Å². The second-order valence-electron chi connectivity index (χ2n) is 5.44. The Labute approximate surface area is 129 Å². The lowest BCUT2D eigenvalue weighted by atomic mass is 9.86. The summed E-state index contributed by atoms with van der Waals surface area (Å²) in [4.78, 5) is 22.8. The summed E-state index contributed by atoms with van der Waals surface area (Å²) in [6.45, 7) is 2.52. The number of aliphatic carboxylic acids is 1.